The van der Waals surface area contributed by atoms with Gasteiger partial charge in [0.25, 0.3) is 0 Å². The molecule has 0 heterocycles. The van der Waals surface area contributed by atoms with Gasteiger partial charge in [-0.3, -0.25) is 0 Å². The zero-order valence-corrected chi connectivity index (χ0v) is 13.3. The Morgan fingerprint density at radius 3 is 2.24 bits per heavy atom. The summed E-state index contributed by atoms with van der Waals surface area (Å²) in [5.41, 5.74) is 0.212. The first-order chi connectivity index (χ1) is 7.89. The summed E-state index contributed by atoms with van der Waals surface area (Å²) in [5, 5.41) is 0. The Balaban J connectivity index is 2.56. The number of hydrogen-bond donors (Lipinski definition) is 0. The molecular weight excluding hydrogens is 244 g/mol. The Bertz CT molecular complexity index is 319. The van der Waals surface area contributed by atoms with Crippen LogP contribution in [0.25, 0.3) is 0 Å². The van der Waals surface area contributed by atoms with Crippen LogP contribution in [0.3, 0.4) is 0 Å². The topological polar surface area (TPSA) is 9.23 Å². The minimum Gasteiger partial charge on any atom is -0.413 e. The van der Waals surface area contributed by atoms with Gasteiger partial charge in [0.15, 0.2) is 0 Å². The fourth-order valence-electron chi connectivity index (χ4n) is 1.43. The molecule has 0 aliphatic heterocycles. The second-order valence-corrected chi connectivity index (χ2v) is 8.65. The van der Waals surface area contributed by atoms with E-state index in [1.54, 1.807) is 0 Å². The van der Waals surface area contributed by atoms with Gasteiger partial charge in [0, 0.05) is 10.6 Å². The van der Waals surface area contributed by atoms with Crippen molar-refractivity contribution in [1.29, 1.82) is 0 Å². The van der Waals surface area contributed by atoms with E-state index in [1.807, 2.05) is 11.8 Å². The van der Waals surface area contributed by atoms with Gasteiger partial charge in [-0.2, -0.15) is 0 Å². The molecule has 1 rings (SSSR count). The minimum absolute atomic E-state index is 0.212. The van der Waals surface area contributed by atoms with Crippen LogP contribution in [0.1, 0.15) is 20.8 Å². The van der Waals surface area contributed by atoms with Crippen LogP contribution < -0.4 is 0 Å². The monoisotopic (exact) mass is 267 g/mol. The maximum atomic E-state index is 6.12. The summed E-state index contributed by atoms with van der Waals surface area (Å²) in [6, 6.07) is 10.6. The number of benzene rings is 1. The molecule has 0 aliphatic carbocycles. The quantitative estimate of drug-likeness (QED) is 0.575. The molecule has 0 fully saturated rings. The fraction of sp³-hybridized carbons (Fsp3) is 0.571. The standard InChI is InChI=1S/C14H23OSSi/c1-14(2,3)13(15-17(4)5)11-16-12-9-7-6-8-10-12/h6-10,13H,11H2,1-5H3. The highest BCUT2D eigenvalue weighted by Crippen LogP contribution is 2.29. The lowest BCUT2D eigenvalue weighted by atomic mass is 9.90. The summed E-state index contributed by atoms with van der Waals surface area (Å²) < 4.78 is 6.12. The lowest BCUT2D eigenvalue weighted by molar-refractivity contribution is 0.108. The van der Waals surface area contributed by atoms with Gasteiger partial charge in [-0.1, -0.05) is 39.0 Å². The zero-order chi connectivity index (χ0) is 12.9. The third-order valence-corrected chi connectivity index (χ3v) is 4.32. The SMILES string of the molecule is C[Si](C)OC(CSc1ccccc1)C(C)(C)C. The van der Waals surface area contributed by atoms with Gasteiger partial charge >= 0.3 is 0 Å². The van der Waals surface area contributed by atoms with Crippen molar-refractivity contribution in [1.82, 2.24) is 0 Å². The van der Waals surface area contributed by atoms with Crippen LogP contribution in [0, 0.1) is 5.41 Å². The van der Waals surface area contributed by atoms with E-state index in [1.165, 1.54) is 4.90 Å². The largest absolute Gasteiger partial charge is 0.413 e. The molecule has 1 aromatic carbocycles. The summed E-state index contributed by atoms with van der Waals surface area (Å²) in [7, 11) is -0.632. The molecule has 1 aromatic rings. The van der Waals surface area contributed by atoms with Crippen molar-refractivity contribution in [2.24, 2.45) is 5.41 Å². The molecule has 1 radical (unpaired) electrons. The van der Waals surface area contributed by atoms with E-state index in [-0.39, 0.29) is 5.41 Å². The van der Waals surface area contributed by atoms with Crippen molar-refractivity contribution in [3.05, 3.63) is 30.3 Å². The molecular formula is C14H23OSSi. The highest BCUT2D eigenvalue weighted by atomic mass is 32.2. The maximum Gasteiger partial charge on any atom is 0.205 e. The van der Waals surface area contributed by atoms with Crippen LogP contribution >= 0.6 is 11.8 Å². The van der Waals surface area contributed by atoms with E-state index < -0.39 is 9.04 Å². The molecule has 1 nitrogen and oxygen atoms in total. The van der Waals surface area contributed by atoms with Gasteiger partial charge in [-0.05, 0) is 30.6 Å². The van der Waals surface area contributed by atoms with Crippen molar-refractivity contribution < 1.29 is 4.43 Å². The first-order valence-electron chi connectivity index (χ1n) is 6.04. The number of hydrogen-bond acceptors (Lipinski definition) is 2. The highest BCUT2D eigenvalue weighted by Gasteiger charge is 2.26. The van der Waals surface area contributed by atoms with E-state index in [2.05, 4.69) is 64.2 Å². The highest BCUT2D eigenvalue weighted by molar-refractivity contribution is 7.99. The molecule has 0 N–H and O–H groups in total. The first kappa shape index (κ1) is 14.8. The molecule has 0 amide bonds. The van der Waals surface area contributed by atoms with Crippen LogP contribution in [0.2, 0.25) is 13.1 Å². The molecule has 0 aromatic heterocycles. The van der Waals surface area contributed by atoms with Crippen LogP contribution in [0.4, 0.5) is 0 Å². The van der Waals surface area contributed by atoms with E-state index >= 15 is 0 Å². The van der Waals surface area contributed by atoms with E-state index in [9.17, 15) is 0 Å². The molecule has 0 spiro atoms. The van der Waals surface area contributed by atoms with Crippen LogP contribution in [0.15, 0.2) is 35.2 Å². The lowest BCUT2D eigenvalue weighted by Gasteiger charge is -2.32. The van der Waals surface area contributed by atoms with E-state index in [0.717, 1.165) is 5.75 Å². The molecule has 95 valence electrons. The Kier molecular flexibility index (Phi) is 5.76. The van der Waals surface area contributed by atoms with Crippen molar-refractivity contribution in [2.75, 3.05) is 5.75 Å². The van der Waals surface area contributed by atoms with Gasteiger partial charge in [0.2, 0.25) is 9.04 Å². The van der Waals surface area contributed by atoms with E-state index in [0.29, 0.717) is 6.10 Å². The lowest BCUT2D eigenvalue weighted by Crippen LogP contribution is -2.35. The second kappa shape index (κ2) is 6.62. The third kappa shape index (κ3) is 5.75. The van der Waals surface area contributed by atoms with Crippen molar-refractivity contribution in [2.45, 2.75) is 44.9 Å². The Morgan fingerprint density at radius 2 is 1.76 bits per heavy atom. The summed E-state index contributed by atoms with van der Waals surface area (Å²) in [4.78, 5) is 1.33. The molecule has 3 heteroatoms. The fourth-order valence-corrected chi connectivity index (χ4v) is 3.82. The van der Waals surface area contributed by atoms with Crippen LogP contribution in [-0.4, -0.2) is 20.9 Å². The van der Waals surface area contributed by atoms with Gasteiger partial charge in [0.1, 0.15) is 0 Å². The van der Waals surface area contributed by atoms with Crippen molar-refractivity contribution >= 4 is 20.8 Å². The molecule has 0 saturated heterocycles. The summed E-state index contributed by atoms with van der Waals surface area (Å²) in [6.45, 7) is 11.2. The number of thioether (sulfide) groups is 1. The average molecular weight is 267 g/mol. The Hall–Kier alpha value is -0.253. The summed E-state index contributed by atoms with van der Waals surface area (Å²) in [5.74, 6) is 1.03. The van der Waals surface area contributed by atoms with Gasteiger partial charge in [-0.25, -0.2) is 0 Å². The molecule has 0 aliphatic rings. The summed E-state index contributed by atoms with van der Waals surface area (Å²) >= 11 is 1.89. The number of rotatable bonds is 5. The van der Waals surface area contributed by atoms with Crippen LogP contribution in [-0.2, 0) is 4.43 Å². The molecule has 17 heavy (non-hydrogen) atoms. The third-order valence-electron chi connectivity index (χ3n) is 2.49. The zero-order valence-electron chi connectivity index (χ0n) is 11.5. The van der Waals surface area contributed by atoms with Gasteiger partial charge in [0.05, 0.1) is 6.10 Å². The predicted molar refractivity (Wildman–Crippen MR) is 79.0 cm³/mol. The smallest absolute Gasteiger partial charge is 0.205 e. The molecule has 1 unspecified atom stereocenters. The first-order valence-corrected chi connectivity index (χ1v) is 9.43. The minimum atomic E-state index is -0.632. The second-order valence-electron chi connectivity index (χ2n) is 5.50. The molecule has 0 saturated carbocycles. The van der Waals surface area contributed by atoms with Crippen molar-refractivity contribution in [3.8, 4) is 0 Å². The van der Waals surface area contributed by atoms with Gasteiger partial charge < -0.3 is 4.43 Å². The van der Waals surface area contributed by atoms with Crippen LogP contribution in [0.5, 0.6) is 0 Å². The molecule has 0 bridgehead atoms. The maximum absolute atomic E-state index is 6.12. The predicted octanol–water partition coefficient (Wildman–Crippen LogP) is 4.46. The molecule has 1 atom stereocenters. The normalized spacial score (nSPS) is 14.0. The Morgan fingerprint density at radius 1 is 1.18 bits per heavy atom. The van der Waals surface area contributed by atoms with Gasteiger partial charge in [-0.15, -0.1) is 11.8 Å². The average Bonchev–Trinajstić information content (AvgIpc) is 2.23. The van der Waals surface area contributed by atoms with E-state index in [4.69, 9.17) is 4.43 Å². The summed E-state index contributed by atoms with van der Waals surface area (Å²) in [6.07, 6.45) is 0.330. The van der Waals surface area contributed by atoms with Crippen molar-refractivity contribution in [3.63, 3.8) is 0 Å². The Labute approximate surface area is 112 Å².